The summed E-state index contributed by atoms with van der Waals surface area (Å²) < 4.78 is 1.84. The van der Waals surface area contributed by atoms with Gasteiger partial charge in [-0.15, -0.1) is 0 Å². The lowest BCUT2D eigenvalue weighted by atomic mass is 10.2. The zero-order valence-electron chi connectivity index (χ0n) is 12.4. The molecule has 22 heavy (non-hydrogen) atoms. The first-order chi connectivity index (χ1) is 10.8. The number of hydrogen-bond acceptors (Lipinski definition) is 6. The molecule has 0 saturated carbocycles. The number of hydrogen-bond donors (Lipinski definition) is 1. The van der Waals surface area contributed by atoms with Gasteiger partial charge in [0, 0.05) is 18.8 Å². The Morgan fingerprint density at radius 2 is 2.05 bits per heavy atom. The van der Waals surface area contributed by atoms with Gasteiger partial charge in [-0.3, -0.25) is 4.98 Å². The van der Waals surface area contributed by atoms with Gasteiger partial charge in [-0.05, 0) is 18.6 Å². The monoisotopic (exact) mass is 314 g/mol. The summed E-state index contributed by atoms with van der Waals surface area (Å²) in [6.45, 7) is 2.19. The van der Waals surface area contributed by atoms with Crippen LogP contribution in [0.4, 0.5) is 5.13 Å². The number of nitrogen functional groups attached to an aromatic ring is 1. The third-order valence-corrected chi connectivity index (χ3v) is 4.13. The van der Waals surface area contributed by atoms with E-state index in [2.05, 4.69) is 27.0 Å². The molecule has 3 rings (SSSR count). The minimum atomic E-state index is 0.534. The van der Waals surface area contributed by atoms with Gasteiger partial charge in [0.2, 0.25) is 0 Å². The van der Waals surface area contributed by atoms with Crippen molar-refractivity contribution in [3.05, 3.63) is 36.5 Å². The van der Waals surface area contributed by atoms with Crippen molar-refractivity contribution in [2.45, 2.75) is 32.6 Å². The second kappa shape index (κ2) is 6.65. The molecule has 0 bridgehead atoms. The molecule has 0 saturated heterocycles. The molecule has 0 aliphatic heterocycles. The maximum Gasteiger partial charge on any atom is 0.180 e. The van der Waals surface area contributed by atoms with Crippen LogP contribution in [0.25, 0.3) is 16.4 Å². The Bertz CT molecular complexity index is 734. The molecule has 3 heterocycles. The highest BCUT2D eigenvalue weighted by atomic mass is 32.1. The van der Waals surface area contributed by atoms with E-state index in [1.165, 1.54) is 24.2 Å². The zero-order valence-corrected chi connectivity index (χ0v) is 13.3. The molecule has 0 atom stereocenters. The number of thiazole rings is 1. The Balaban J connectivity index is 1.98. The normalized spacial score (nSPS) is 11.0. The highest BCUT2D eigenvalue weighted by Gasteiger charge is 2.15. The summed E-state index contributed by atoms with van der Waals surface area (Å²) >= 11 is 1.42. The first-order valence-electron chi connectivity index (χ1n) is 7.36. The molecule has 3 aromatic heterocycles. The molecule has 3 aromatic rings. The second-order valence-electron chi connectivity index (χ2n) is 4.99. The highest BCUT2D eigenvalue weighted by Crippen LogP contribution is 2.28. The van der Waals surface area contributed by atoms with Gasteiger partial charge < -0.3 is 5.73 Å². The first kappa shape index (κ1) is 14.6. The van der Waals surface area contributed by atoms with Crippen molar-refractivity contribution in [2.75, 3.05) is 5.73 Å². The molecule has 0 amide bonds. The summed E-state index contributed by atoms with van der Waals surface area (Å²) in [7, 11) is 0. The summed E-state index contributed by atoms with van der Waals surface area (Å²) in [6.07, 6.45) is 9.60. The molecule has 0 aromatic carbocycles. The predicted octanol–water partition coefficient (Wildman–Crippen LogP) is 3.10. The number of nitrogens with two attached hydrogens (primary N) is 1. The smallest absolute Gasteiger partial charge is 0.180 e. The largest absolute Gasteiger partial charge is 0.375 e. The second-order valence-corrected chi connectivity index (χ2v) is 6.05. The third-order valence-electron chi connectivity index (χ3n) is 3.31. The minimum Gasteiger partial charge on any atom is -0.375 e. The van der Waals surface area contributed by atoms with Crippen LogP contribution in [-0.4, -0.2) is 24.7 Å². The highest BCUT2D eigenvalue weighted by molar-refractivity contribution is 7.18. The maximum atomic E-state index is 5.75. The van der Waals surface area contributed by atoms with Crippen LogP contribution in [-0.2, 0) is 6.42 Å². The maximum absolute atomic E-state index is 5.75. The van der Waals surface area contributed by atoms with E-state index in [0.29, 0.717) is 5.13 Å². The third kappa shape index (κ3) is 3.14. The SMILES string of the molecule is CCCCCc1nc(-c2cnc(N)s2)n(-c2ccncc2)n1. The Morgan fingerprint density at radius 1 is 1.23 bits per heavy atom. The molecule has 0 aliphatic rings. The Morgan fingerprint density at radius 3 is 2.73 bits per heavy atom. The summed E-state index contributed by atoms with van der Waals surface area (Å²) in [4.78, 5) is 13.8. The van der Waals surface area contributed by atoms with E-state index in [9.17, 15) is 0 Å². The molecule has 0 aliphatic carbocycles. The van der Waals surface area contributed by atoms with Crippen LogP contribution in [0.1, 0.15) is 32.0 Å². The van der Waals surface area contributed by atoms with Gasteiger partial charge in [-0.1, -0.05) is 31.1 Å². The lowest BCUT2D eigenvalue weighted by Gasteiger charge is -2.02. The first-order valence-corrected chi connectivity index (χ1v) is 8.17. The number of unbranched alkanes of at least 4 members (excludes halogenated alkanes) is 2. The standard InChI is InChI=1S/C15H18N6S/c1-2-3-4-5-13-19-14(12-10-18-15(16)22-12)21(20-13)11-6-8-17-9-7-11/h6-10H,2-5H2,1H3,(H2,16,18). The van der Waals surface area contributed by atoms with Gasteiger partial charge in [0.25, 0.3) is 0 Å². The van der Waals surface area contributed by atoms with Gasteiger partial charge in [-0.2, -0.15) is 5.10 Å². The predicted molar refractivity (Wildman–Crippen MR) is 87.9 cm³/mol. The molecular formula is C15H18N6S. The van der Waals surface area contributed by atoms with Gasteiger partial charge >= 0.3 is 0 Å². The fourth-order valence-electron chi connectivity index (χ4n) is 2.21. The van der Waals surface area contributed by atoms with Gasteiger partial charge in [0.15, 0.2) is 16.8 Å². The zero-order chi connectivity index (χ0) is 15.4. The van der Waals surface area contributed by atoms with Crippen molar-refractivity contribution in [1.82, 2.24) is 24.7 Å². The van der Waals surface area contributed by atoms with Crippen LogP contribution < -0.4 is 5.73 Å². The molecule has 6 nitrogen and oxygen atoms in total. The van der Waals surface area contributed by atoms with Crippen LogP contribution in [0.2, 0.25) is 0 Å². The van der Waals surface area contributed by atoms with E-state index >= 15 is 0 Å². The number of anilines is 1. The van der Waals surface area contributed by atoms with Crippen LogP contribution in [0, 0.1) is 0 Å². The van der Waals surface area contributed by atoms with E-state index in [4.69, 9.17) is 5.73 Å². The number of nitrogens with zero attached hydrogens (tertiary/aromatic N) is 5. The van der Waals surface area contributed by atoms with Crippen LogP contribution >= 0.6 is 11.3 Å². The van der Waals surface area contributed by atoms with Gasteiger partial charge in [-0.25, -0.2) is 14.6 Å². The van der Waals surface area contributed by atoms with Crippen LogP contribution in [0.5, 0.6) is 0 Å². The fourth-order valence-corrected chi connectivity index (χ4v) is 2.87. The minimum absolute atomic E-state index is 0.534. The van der Waals surface area contributed by atoms with Crippen molar-refractivity contribution in [2.24, 2.45) is 0 Å². The van der Waals surface area contributed by atoms with E-state index in [1.807, 2.05) is 16.8 Å². The molecule has 0 unspecified atom stereocenters. The van der Waals surface area contributed by atoms with E-state index < -0.39 is 0 Å². The van der Waals surface area contributed by atoms with Gasteiger partial charge in [0.05, 0.1) is 16.8 Å². The lowest BCUT2D eigenvalue weighted by molar-refractivity contribution is 0.690. The van der Waals surface area contributed by atoms with Crippen LogP contribution in [0.15, 0.2) is 30.7 Å². The Labute approximate surface area is 133 Å². The summed E-state index contributed by atoms with van der Waals surface area (Å²) in [5, 5.41) is 5.19. The van der Waals surface area contributed by atoms with Crippen molar-refractivity contribution in [3.63, 3.8) is 0 Å². The molecule has 0 fully saturated rings. The molecule has 2 N–H and O–H groups in total. The number of aryl methyl sites for hydroxylation is 1. The van der Waals surface area contributed by atoms with Crippen molar-refractivity contribution in [1.29, 1.82) is 0 Å². The quantitative estimate of drug-likeness (QED) is 0.707. The summed E-state index contributed by atoms with van der Waals surface area (Å²) in [5.41, 5.74) is 6.69. The molecule has 0 spiro atoms. The lowest BCUT2D eigenvalue weighted by Crippen LogP contribution is -1.99. The Kier molecular flexibility index (Phi) is 4.43. The van der Waals surface area contributed by atoms with E-state index in [1.54, 1.807) is 18.6 Å². The van der Waals surface area contributed by atoms with Crippen molar-refractivity contribution in [3.8, 4) is 16.4 Å². The van der Waals surface area contributed by atoms with E-state index in [-0.39, 0.29) is 0 Å². The number of pyridine rings is 1. The summed E-state index contributed by atoms with van der Waals surface area (Å²) in [5.74, 6) is 1.64. The topological polar surface area (TPSA) is 82.5 Å². The summed E-state index contributed by atoms with van der Waals surface area (Å²) in [6, 6.07) is 3.83. The molecule has 114 valence electrons. The average molecular weight is 314 g/mol. The molecule has 7 heteroatoms. The Hall–Kier alpha value is -2.28. The van der Waals surface area contributed by atoms with Crippen LogP contribution in [0.3, 0.4) is 0 Å². The van der Waals surface area contributed by atoms with Crippen molar-refractivity contribution >= 4 is 16.5 Å². The van der Waals surface area contributed by atoms with Crippen molar-refractivity contribution < 1.29 is 0 Å². The molecule has 0 radical (unpaired) electrons. The molecular weight excluding hydrogens is 296 g/mol. The fraction of sp³-hybridized carbons (Fsp3) is 0.333. The van der Waals surface area contributed by atoms with E-state index in [0.717, 1.165) is 35.1 Å². The average Bonchev–Trinajstić information content (AvgIpc) is 3.15. The van der Waals surface area contributed by atoms with Gasteiger partial charge in [0.1, 0.15) is 0 Å². The number of rotatable bonds is 6. The number of aromatic nitrogens is 5.